The van der Waals surface area contributed by atoms with Crippen LogP contribution in [0.5, 0.6) is 0 Å². The van der Waals surface area contributed by atoms with Crippen LogP contribution in [0.25, 0.3) is 20.7 Å². The third kappa shape index (κ3) is 3.41. The van der Waals surface area contributed by atoms with Crippen LogP contribution < -0.4 is 16.3 Å². The van der Waals surface area contributed by atoms with E-state index in [0.29, 0.717) is 23.1 Å². The minimum absolute atomic E-state index is 0.339. The highest BCUT2D eigenvalue weighted by Crippen LogP contribution is 2.35. The molecule has 0 bridgehead atoms. The highest BCUT2D eigenvalue weighted by Gasteiger charge is 2.52. The number of hydrogen-bond donors (Lipinski definition) is 2. The normalized spacial score (nSPS) is 17.8. The van der Waals surface area contributed by atoms with Gasteiger partial charge < -0.3 is 5.32 Å². The molecule has 0 radical (unpaired) electrons. The second-order valence-electron chi connectivity index (χ2n) is 8.17. The van der Waals surface area contributed by atoms with Crippen LogP contribution >= 0.6 is 22.7 Å². The average molecular weight is 472 g/mol. The molecule has 0 unspecified atom stereocenters. The quantitative estimate of drug-likeness (QED) is 0.568. The Hall–Kier alpha value is -3.05. The van der Waals surface area contributed by atoms with E-state index >= 15 is 0 Å². The van der Waals surface area contributed by atoms with Crippen molar-refractivity contribution in [1.82, 2.24) is 25.3 Å². The number of carbonyl (C=O) groups is 3. The Morgan fingerprint density at radius 2 is 2.00 bits per heavy atom. The molecule has 1 saturated heterocycles. The molecule has 3 aromatic heterocycles. The Labute approximate surface area is 191 Å². The van der Waals surface area contributed by atoms with Crippen LogP contribution in [-0.4, -0.2) is 37.9 Å². The first-order valence-corrected chi connectivity index (χ1v) is 12.1. The predicted octanol–water partition coefficient (Wildman–Crippen LogP) is 2.78. The first kappa shape index (κ1) is 20.8. The van der Waals surface area contributed by atoms with Crippen molar-refractivity contribution in [2.75, 3.05) is 0 Å². The van der Waals surface area contributed by atoms with Crippen LogP contribution in [0.15, 0.2) is 28.6 Å². The SMILES string of the molecule is Cc1ccc(-c2csc3ncn(CC(=O)NN4C(=O)NC5(CCCCC5)C4=O)c(=O)c23)s1. The van der Waals surface area contributed by atoms with Crippen molar-refractivity contribution in [1.29, 1.82) is 0 Å². The standard InChI is InChI=1S/C21H21N5O4S2/c1-12-5-6-14(32-12)13-10-31-17-16(13)18(28)25(11-22-17)9-15(27)24-26-19(29)21(23-20(26)30)7-3-2-4-8-21/h5-6,10-11H,2-4,7-9H2,1H3,(H,23,30)(H,24,27). The van der Waals surface area contributed by atoms with Gasteiger partial charge in [0.25, 0.3) is 17.4 Å². The number of amides is 4. The lowest BCUT2D eigenvalue weighted by molar-refractivity contribution is -0.140. The molecule has 0 atom stereocenters. The Balaban J connectivity index is 1.37. The number of nitrogens with one attached hydrogen (secondary N) is 2. The van der Waals surface area contributed by atoms with Crippen molar-refractivity contribution in [3.05, 3.63) is 39.1 Å². The van der Waals surface area contributed by atoms with Crippen molar-refractivity contribution >= 4 is 50.7 Å². The molecule has 2 aliphatic rings. The van der Waals surface area contributed by atoms with E-state index < -0.39 is 23.4 Å². The number of fused-ring (bicyclic) bond motifs is 1. The molecule has 2 N–H and O–H groups in total. The Morgan fingerprint density at radius 1 is 1.22 bits per heavy atom. The van der Waals surface area contributed by atoms with Gasteiger partial charge in [-0.3, -0.25) is 24.4 Å². The number of hydrogen-bond acceptors (Lipinski definition) is 7. The zero-order valence-electron chi connectivity index (χ0n) is 17.3. The molecular formula is C21H21N5O4S2. The van der Waals surface area contributed by atoms with Gasteiger partial charge in [0.05, 0.1) is 11.7 Å². The van der Waals surface area contributed by atoms with Gasteiger partial charge in [-0.25, -0.2) is 9.78 Å². The van der Waals surface area contributed by atoms with E-state index in [1.807, 2.05) is 24.4 Å². The highest BCUT2D eigenvalue weighted by atomic mass is 32.1. The van der Waals surface area contributed by atoms with E-state index in [-0.39, 0.29) is 12.1 Å². The van der Waals surface area contributed by atoms with Crippen molar-refractivity contribution in [2.45, 2.75) is 51.1 Å². The van der Waals surface area contributed by atoms with Gasteiger partial charge in [0.1, 0.15) is 16.9 Å². The number of carbonyl (C=O) groups excluding carboxylic acids is 3. The van der Waals surface area contributed by atoms with E-state index in [9.17, 15) is 19.2 Å². The molecule has 11 heteroatoms. The van der Waals surface area contributed by atoms with Gasteiger partial charge in [0, 0.05) is 20.7 Å². The highest BCUT2D eigenvalue weighted by molar-refractivity contribution is 7.19. The number of aryl methyl sites for hydroxylation is 1. The Morgan fingerprint density at radius 3 is 2.72 bits per heavy atom. The number of urea groups is 1. The fourth-order valence-electron chi connectivity index (χ4n) is 4.37. The summed E-state index contributed by atoms with van der Waals surface area (Å²) in [6, 6.07) is 3.31. The monoisotopic (exact) mass is 471 g/mol. The summed E-state index contributed by atoms with van der Waals surface area (Å²) in [7, 11) is 0. The molecule has 4 amide bonds. The van der Waals surface area contributed by atoms with E-state index in [1.54, 1.807) is 11.3 Å². The molecule has 2 fully saturated rings. The summed E-state index contributed by atoms with van der Waals surface area (Å²) in [6.07, 6.45) is 5.16. The summed E-state index contributed by atoms with van der Waals surface area (Å²) in [6.45, 7) is 1.64. The summed E-state index contributed by atoms with van der Waals surface area (Å²) in [5.41, 5.74) is 1.90. The van der Waals surface area contributed by atoms with Crippen molar-refractivity contribution < 1.29 is 14.4 Å². The third-order valence-corrected chi connectivity index (χ3v) is 7.91. The number of imide groups is 1. The summed E-state index contributed by atoms with van der Waals surface area (Å²) in [5, 5.41) is 5.84. The van der Waals surface area contributed by atoms with E-state index in [0.717, 1.165) is 39.6 Å². The first-order chi connectivity index (χ1) is 15.4. The molecule has 1 aliphatic heterocycles. The second-order valence-corrected chi connectivity index (χ2v) is 10.3. The maximum Gasteiger partial charge on any atom is 0.344 e. The zero-order valence-corrected chi connectivity index (χ0v) is 19.0. The van der Waals surface area contributed by atoms with Crippen LogP contribution in [0, 0.1) is 6.92 Å². The van der Waals surface area contributed by atoms with Crippen molar-refractivity contribution in [3.8, 4) is 10.4 Å². The van der Waals surface area contributed by atoms with Crippen LogP contribution in [0.4, 0.5) is 4.79 Å². The molecular weight excluding hydrogens is 450 g/mol. The van der Waals surface area contributed by atoms with Crippen molar-refractivity contribution in [2.24, 2.45) is 0 Å². The van der Waals surface area contributed by atoms with Gasteiger partial charge >= 0.3 is 6.03 Å². The molecule has 166 valence electrons. The van der Waals surface area contributed by atoms with E-state index in [1.165, 1.54) is 22.2 Å². The molecule has 3 aromatic rings. The van der Waals surface area contributed by atoms with Crippen LogP contribution in [-0.2, 0) is 16.1 Å². The summed E-state index contributed by atoms with van der Waals surface area (Å²) < 4.78 is 1.20. The lowest BCUT2D eigenvalue weighted by atomic mass is 9.82. The predicted molar refractivity (Wildman–Crippen MR) is 121 cm³/mol. The van der Waals surface area contributed by atoms with Gasteiger partial charge in [-0.1, -0.05) is 19.3 Å². The van der Waals surface area contributed by atoms with Gasteiger partial charge in [-0.15, -0.1) is 22.7 Å². The Bertz CT molecular complexity index is 1300. The Kier molecular flexibility index (Phi) is 5.09. The lowest BCUT2D eigenvalue weighted by Gasteiger charge is -2.30. The van der Waals surface area contributed by atoms with Gasteiger partial charge in [-0.2, -0.15) is 5.01 Å². The minimum atomic E-state index is -0.926. The van der Waals surface area contributed by atoms with Crippen LogP contribution in [0.1, 0.15) is 37.0 Å². The second kappa shape index (κ2) is 7.82. The number of thiophene rings is 2. The molecule has 5 rings (SSSR count). The zero-order chi connectivity index (χ0) is 22.5. The smallest absolute Gasteiger partial charge is 0.322 e. The maximum atomic E-state index is 13.1. The van der Waals surface area contributed by atoms with Gasteiger partial charge in [-0.05, 0) is 31.9 Å². The number of aromatic nitrogens is 2. The topological polar surface area (TPSA) is 113 Å². The maximum absolute atomic E-state index is 13.1. The molecule has 1 spiro atoms. The van der Waals surface area contributed by atoms with Gasteiger partial charge in [0.2, 0.25) is 0 Å². The number of hydrazine groups is 1. The summed E-state index contributed by atoms with van der Waals surface area (Å²) in [5.74, 6) is -1.09. The number of rotatable bonds is 4. The molecule has 0 aromatic carbocycles. The van der Waals surface area contributed by atoms with Crippen LogP contribution in [0.3, 0.4) is 0 Å². The third-order valence-electron chi connectivity index (χ3n) is 5.99. The van der Waals surface area contributed by atoms with Crippen molar-refractivity contribution in [3.63, 3.8) is 0 Å². The lowest BCUT2D eigenvalue weighted by Crippen LogP contribution is -2.51. The molecule has 9 nitrogen and oxygen atoms in total. The summed E-state index contributed by atoms with van der Waals surface area (Å²) in [4.78, 5) is 58.0. The van der Waals surface area contributed by atoms with E-state index in [4.69, 9.17) is 0 Å². The first-order valence-electron chi connectivity index (χ1n) is 10.4. The average Bonchev–Trinajstić information content (AvgIpc) is 3.45. The number of nitrogens with zero attached hydrogens (tertiary/aromatic N) is 3. The fourth-order valence-corrected chi connectivity index (χ4v) is 6.23. The molecule has 1 saturated carbocycles. The summed E-state index contributed by atoms with van der Waals surface area (Å²) >= 11 is 2.96. The fraction of sp³-hybridized carbons (Fsp3) is 0.381. The molecule has 1 aliphatic carbocycles. The largest absolute Gasteiger partial charge is 0.344 e. The molecule has 32 heavy (non-hydrogen) atoms. The minimum Gasteiger partial charge on any atom is -0.322 e. The van der Waals surface area contributed by atoms with E-state index in [2.05, 4.69) is 15.7 Å². The van der Waals surface area contributed by atoms with Crippen LogP contribution in [0.2, 0.25) is 0 Å². The molecule has 4 heterocycles. The van der Waals surface area contributed by atoms with Gasteiger partial charge in [0.15, 0.2) is 0 Å².